The van der Waals surface area contributed by atoms with Gasteiger partial charge in [0.15, 0.2) is 0 Å². The second kappa shape index (κ2) is 8.76. The molecule has 0 atom stereocenters. The lowest BCUT2D eigenvalue weighted by Gasteiger charge is -2.23. The molecule has 4 rings (SSSR count). The monoisotopic (exact) mass is 413 g/mol. The lowest BCUT2D eigenvalue weighted by atomic mass is 9.96. The predicted octanol–water partition coefficient (Wildman–Crippen LogP) is 6.33. The van der Waals surface area contributed by atoms with Crippen LogP contribution in [0.2, 0.25) is 10.0 Å². The first-order valence-electron chi connectivity index (χ1n) is 9.45. The van der Waals surface area contributed by atoms with Crippen molar-refractivity contribution in [1.29, 1.82) is 0 Å². The van der Waals surface area contributed by atoms with E-state index in [1.807, 2.05) is 24.3 Å². The van der Waals surface area contributed by atoms with Gasteiger partial charge in [0.2, 0.25) is 5.95 Å². The van der Waals surface area contributed by atoms with E-state index in [0.29, 0.717) is 27.9 Å². The van der Waals surface area contributed by atoms with Crippen LogP contribution in [0.15, 0.2) is 48.8 Å². The maximum atomic E-state index is 6.14. The third-order valence-corrected chi connectivity index (χ3v) is 5.57. The van der Waals surface area contributed by atoms with E-state index < -0.39 is 0 Å². The minimum absolute atomic E-state index is 0.416. The first-order valence-corrected chi connectivity index (χ1v) is 10.2. The summed E-state index contributed by atoms with van der Waals surface area (Å²) in [6.07, 6.45) is 9.62. The molecular weight excluding hydrogens is 393 g/mol. The molecule has 0 unspecified atom stereocenters. The summed E-state index contributed by atoms with van der Waals surface area (Å²) in [5.41, 5.74) is 2.64. The van der Waals surface area contributed by atoms with Crippen LogP contribution in [0.3, 0.4) is 0 Å². The summed E-state index contributed by atoms with van der Waals surface area (Å²) in [6, 6.07) is 11.6. The van der Waals surface area contributed by atoms with Crippen molar-refractivity contribution in [2.75, 3.05) is 10.6 Å². The van der Waals surface area contributed by atoms with Crippen molar-refractivity contribution in [2.24, 2.45) is 0 Å². The van der Waals surface area contributed by atoms with Crippen molar-refractivity contribution in [3.8, 4) is 11.3 Å². The molecule has 0 aliphatic heterocycles. The van der Waals surface area contributed by atoms with Gasteiger partial charge >= 0.3 is 0 Å². The number of hydrogen-bond donors (Lipinski definition) is 2. The molecule has 0 bridgehead atoms. The summed E-state index contributed by atoms with van der Waals surface area (Å²) in [4.78, 5) is 13.5. The van der Waals surface area contributed by atoms with Crippen molar-refractivity contribution in [2.45, 2.75) is 38.1 Å². The summed E-state index contributed by atoms with van der Waals surface area (Å²) in [7, 11) is 0. The van der Waals surface area contributed by atoms with Gasteiger partial charge in [0.05, 0.1) is 15.7 Å². The van der Waals surface area contributed by atoms with E-state index in [0.717, 1.165) is 29.8 Å². The zero-order chi connectivity index (χ0) is 19.3. The number of hydrogen-bond acceptors (Lipinski definition) is 5. The molecule has 7 heteroatoms. The fourth-order valence-electron chi connectivity index (χ4n) is 3.40. The van der Waals surface area contributed by atoms with Gasteiger partial charge in [-0.3, -0.25) is 4.98 Å². The Kier molecular flexibility index (Phi) is 5.93. The summed E-state index contributed by atoms with van der Waals surface area (Å²) >= 11 is 12.2. The molecule has 0 spiro atoms. The number of halogens is 2. The lowest BCUT2D eigenvalue weighted by Crippen LogP contribution is -2.23. The van der Waals surface area contributed by atoms with Crippen molar-refractivity contribution >= 4 is 40.7 Å². The van der Waals surface area contributed by atoms with Crippen LogP contribution in [0.25, 0.3) is 11.3 Å². The average molecular weight is 414 g/mol. The van der Waals surface area contributed by atoms with Crippen molar-refractivity contribution < 1.29 is 0 Å². The van der Waals surface area contributed by atoms with Crippen molar-refractivity contribution in [3.05, 3.63) is 58.8 Å². The first kappa shape index (κ1) is 19.0. The largest absolute Gasteiger partial charge is 0.351 e. The van der Waals surface area contributed by atoms with Gasteiger partial charge < -0.3 is 10.6 Å². The maximum Gasteiger partial charge on any atom is 0.225 e. The smallest absolute Gasteiger partial charge is 0.225 e. The Morgan fingerprint density at radius 2 is 1.64 bits per heavy atom. The molecule has 2 N–H and O–H groups in total. The number of benzene rings is 1. The number of nitrogens with one attached hydrogen (secondary N) is 2. The van der Waals surface area contributed by atoms with Crippen molar-refractivity contribution in [3.63, 3.8) is 0 Å². The zero-order valence-electron chi connectivity index (χ0n) is 15.3. The molecule has 0 saturated heterocycles. The van der Waals surface area contributed by atoms with Gasteiger partial charge in [-0.1, -0.05) is 42.5 Å². The summed E-state index contributed by atoms with van der Waals surface area (Å²) in [5, 5.41) is 7.84. The highest BCUT2D eigenvalue weighted by atomic mass is 35.5. The van der Waals surface area contributed by atoms with Crippen LogP contribution in [-0.4, -0.2) is 21.0 Å². The van der Waals surface area contributed by atoms with E-state index >= 15 is 0 Å². The third kappa shape index (κ3) is 4.72. The first-order chi connectivity index (χ1) is 13.7. The molecule has 1 saturated carbocycles. The van der Waals surface area contributed by atoms with E-state index in [4.69, 9.17) is 28.2 Å². The van der Waals surface area contributed by atoms with Gasteiger partial charge in [-0.25, -0.2) is 4.98 Å². The molecule has 0 amide bonds. The van der Waals surface area contributed by atoms with E-state index in [1.165, 1.54) is 19.3 Å². The quantitative estimate of drug-likeness (QED) is 0.511. The SMILES string of the molecule is Clc1ccc(Nc2cc(-c3ccncc3)nc(NC3CCCCC3)n2)cc1Cl. The van der Waals surface area contributed by atoms with Crippen LogP contribution in [0.5, 0.6) is 0 Å². The van der Waals surface area contributed by atoms with E-state index in [1.54, 1.807) is 24.5 Å². The van der Waals surface area contributed by atoms with Gasteiger partial charge in [0.1, 0.15) is 5.82 Å². The second-order valence-electron chi connectivity index (χ2n) is 6.93. The number of nitrogens with zero attached hydrogens (tertiary/aromatic N) is 3. The van der Waals surface area contributed by atoms with Crippen LogP contribution in [0, 0.1) is 0 Å². The summed E-state index contributed by atoms with van der Waals surface area (Å²) in [5.74, 6) is 1.32. The van der Waals surface area contributed by atoms with Crippen LogP contribution < -0.4 is 10.6 Å². The molecule has 28 heavy (non-hydrogen) atoms. The molecule has 144 valence electrons. The molecule has 0 radical (unpaired) electrons. The van der Waals surface area contributed by atoms with Gasteiger partial charge in [0.25, 0.3) is 0 Å². The molecule has 1 aliphatic rings. The standard InChI is InChI=1S/C21H21Cl2N5/c22-17-7-6-16(12-18(17)23)25-20-13-19(14-8-10-24-11-9-14)27-21(28-20)26-15-4-2-1-3-5-15/h6-13,15H,1-5H2,(H2,25,26,27,28). The second-order valence-corrected chi connectivity index (χ2v) is 7.75. The van der Waals surface area contributed by atoms with Crippen molar-refractivity contribution in [1.82, 2.24) is 15.0 Å². The van der Waals surface area contributed by atoms with Crippen LogP contribution in [0.1, 0.15) is 32.1 Å². The average Bonchev–Trinajstić information content (AvgIpc) is 2.72. The molecule has 3 aromatic rings. The summed E-state index contributed by atoms with van der Waals surface area (Å²) in [6.45, 7) is 0. The fraction of sp³-hybridized carbons (Fsp3) is 0.286. The van der Waals surface area contributed by atoms with Gasteiger partial charge in [-0.15, -0.1) is 0 Å². The van der Waals surface area contributed by atoms with Crippen LogP contribution in [0.4, 0.5) is 17.5 Å². The van der Waals surface area contributed by atoms with Gasteiger partial charge in [-0.05, 0) is 43.2 Å². The minimum Gasteiger partial charge on any atom is -0.351 e. The Labute approximate surface area is 174 Å². The van der Waals surface area contributed by atoms with Gasteiger partial charge in [-0.2, -0.15) is 4.98 Å². The Morgan fingerprint density at radius 3 is 2.39 bits per heavy atom. The highest BCUT2D eigenvalue weighted by Crippen LogP contribution is 2.29. The lowest BCUT2D eigenvalue weighted by molar-refractivity contribution is 0.461. The highest BCUT2D eigenvalue weighted by molar-refractivity contribution is 6.42. The Morgan fingerprint density at radius 1 is 0.857 bits per heavy atom. The minimum atomic E-state index is 0.416. The molecule has 1 aliphatic carbocycles. The molecule has 2 heterocycles. The van der Waals surface area contributed by atoms with E-state index in [2.05, 4.69) is 20.6 Å². The Bertz CT molecular complexity index is 943. The van der Waals surface area contributed by atoms with Crippen LogP contribution in [-0.2, 0) is 0 Å². The number of rotatable bonds is 5. The maximum absolute atomic E-state index is 6.14. The van der Waals surface area contributed by atoms with Gasteiger partial charge in [0, 0.05) is 35.8 Å². The van der Waals surface area contributed by atoms with E-state index in [9.17, 15) is 0 Å². The highest BCUT2D eigenvalue weighted by Gasteiger charge is 2.15. The van der Waals surface area contributed by atoms with E-state index in [-0.39, 0.29) is 0 Å². The topological polar surface area (TPSA) is 62.7 Å². The number of aromatic nitrogens is 3. The zero-order valence-corrected chi connectivity index (χ0v) is 16.8. The van der Waals surface area contributed by atoms with Crippen LogP contribution >= 0.6 is 23.2 Å². The molecular formula is C21H21Cl2N5. The normalized spacial score (nSPS) is 14.6. The third-order valence-electron chi connectivity index (χ3n) is 4.83. The summed E-state index contributed by atoms with van der Waals surface area (Å²) < 4.78 is 0. The predicted molar refractivity (Wildman–Crippen MR) is 116 cm³/mol. The number of anilines is 3. The molecule has 1 aromatic carbocycles. The fourth-order valence-corrected chi connectivity index (χ4v) is 3.70. The Hall–Kier alpha value is -2.37. The molecule has 1 fully saturated rings. The number of pyridine rings is 1. The molecule has 2 aromatic heterocycles. The Balaban J connectivity index is 1.65. The molecule has 5 nitrogen and oxygen atoms in total.